The molecule has 0 atom stereocenters. The summed E-state index contributed by atoms with van der Waals surface area (Å²) in [7, 11) is 0. The molecular formula is C29H36F4O2. The van der Waals surface area contributed by atoms with Crippen molar-refractivity contribution in [3.63, 3.8) is 0 Å². The Morgan fingerprint density at radius 3 is 1.94 bits per heavy atom. The third-order valence-corrected chi connectivity index (χ3v) is 8.26. The Morgan fingerprint density at radius 1 is 0.829 bits per heavy atom. The number of hydrogen-bond donors (Lipinski definition) is 0. The first kappa shape index (κ1) is 25.8. The highest BCUT2D eigenvalue weighted by atomic mass is 19.3. The first-order valence-electron chi connectivity index (χ1n) is 13.1. The second-order valence-corrected chi connectivity index (χ2v) is 10.2. The van der Waals surface area contributed by atoms with Gasteiger partial charge in [-0.3, -0.25) is 0 Å². The molecule has 35 heavy (non-hydrogen) atoms. The maximum Gasteiger partial charge on any atom is 0.387 e. The third-order valence-electron chi connectivity index (χ3n) is 8.26. The molecule has 2 aromatic carbocycles. The molecule has 2 aliphatic carbocycles. The van der Waals surface area contributed by atoms with Crippen LogP contribution in [0.4, 0.5) is 17.6 Å². The van der Waals surface area contributed by atoms with Gasteiger partial charge in [-0.2, -0.15) is 8.78 Å². The van der Waals surface area contributed by atoms with Crippen LogP contribution in [0.5, 0.6) is 17.2 Å². The van der Waals surface area contributed by atoms with Gasteiger partial charge in [-0.15, -0.1) is 0 Å². The minimum atomic E-state index is -2.91. The summed E-state index contributed by atoms with van der Waals surface area (Å²) in [6, 6.07) is 7.07. The van der Waals surface area contributed by atoms with Crippen LogP contribution < -0.4 is 9.47 Å². The molecule has 0 bridgehead atoms. The fourth-order valence-electron chi connectivity index (χ4n) is 6.20. The molecule has 0 heterocycles. The van der Waals surface area contributed by atoms with Crippen molar-refractivity contribution in [1.82, 2.24) is 0 Å². The number of alkyl halides is 2. The van der Waals surface area contributed by atoms with Gasteiger partial charge in [0, 0.05) is 11.1 Å². The van der Waals surface area contributed by atoms with E-state index in [4.69, 9.17) is 4.74 Å². The molecule has 0 aromatic heterocycles. The molecular weight excluding hydrogens is 456 g/mol. The molecule has 0 radical (unpaired) electrons. The van der Waals surface area contributed by atoms with Gasteiger partial charge in [0.1, 0.15) is 17.2 Å². The average Bonchev–Trinajstić information content (AvgIpc) is 2.87. The smallest absolute Gasteiger partial charge is 0.387 e. The Bertz CT molecular complexity index is 960. The van der Waals surface area contributed by atoms with Crippen LogP contribution in [0.15, 0.2) is 30.3 Å². The highest BCUT2D eigenvalue weighted by Gasteiger charge is 2.33. The van der Waals surface area contributed by atoms with Crippen LogP contribution in [0.2, 0.25) is 0 Å². The summed E-state index contributed by atoms with van der Waals surface area (Å²) >= 11 is 0. The predicted molar refractivity (Wildman–Crippen MR) is 129 cm³/mol. The topological polar surface area (TPSA) is 18.5 Å². The van der Waals surface area contributed by atoms with E-state index in [0.717, 1.165) is 37.5 Å². The van der Waals surface area contributed by atoms with E-state index >= 15 is 0 Å². The van der Waals surface area contributed by atoms with E-state index in [2.05, 4.69) is 11.7 Å². The second kappa shape index (κ2) is 11.7. The highest BCUT2D eigenvalue weighted by Crippen LogP contribution is 2.47. The Kier molecular flexibility index (Phi) is 8.61. The van der Waals surface area contributed by atoms with Crippen LogP contribution in [0.3, 0.4) is 0 Å². The van der Waals surface area contributed by atoms with Gasteiger partial charge in [0.25, 0.3) is 0 Å². The quantitative estimate of drug-likeness (QED) is 0.342. The van der Waals surface area contributed by atoms with Gasteiger partial charge >= 0.3 is 6.61 Å². The Balaban J connectivity index is 1.51. The molecule has 0 unspecified atom stereocenters. The van der Waals surface area contributed by atoms with Crippen LogP contribution in [0.25, 0.3) is 0 Å². The summed E-state index contributed by atoms with van der Waals surface area (Å²) in [6.45, 7) is 1.15. The van der Waals surface area contributed by atoms with E-state index < -0.39 is 18.2 Å². The molecule has 0 aliphatic heterocycles. The van der Waals surface area contributed by atoms with E-state index in [1.165, 1.54) is 62.4 Å². The second-order valence-electron chi connectivity index (χ2n) is 10.2. The molecule has 0 spiro atoms. The summed E-state index contributed by atoms with van der Waals surface area (Å²) in [4.78, 5) is 0. The minimum absolute atomic E-state index is 0.0138. The van der Waals surface area contributed by atoms with Gasteiger partial charge in [-0.25, -0.2) is 8.78 Å². The number of rotatable bonds is 8. The molecule has 4 rings (SSSR count). The lowest BCUT2D eigenvalue weighted by Crippen LogP contribution is -2.25. The summed E-state index contributed by atoms with van der Waals surface area (Å²) < 4.78 is 64.7. The molecule has 2 aromatic rings. The van der Waals surface area contributed by atoms with Crippen LogP contribution in [-0.2, 0) is 6.42 Å². The van der Waals surface area contributed by atoms with E-state index in [9.17, 15) is 17.6 Å². The summed E-state index contributed by atoms with van der Waals surface area (Å²) in [6.07, 6.45) is 10.9. The molecule has 0 amide bonds. The molecule has 0 N–H and O–H groups in total. The number of halogens is 4. The number of hydrogen-bond acceptors (Lipinski definition) is 2. The molecule has 2 aliphatic rings. The van der Waals surface area contributed by atoms with Gasteiger partial charge in [0.2, 0.25) is 0 Å². The van der Waals surface area contributed by atoms with E-state index in [0.29, 0.717) is 23.0 Å². The van der Waals surface area contributed by atoms with E-state index in [1.54, 1.807) is 6.92 Å². The van der Waals surface area contributed by atoms with Crippen molar-refractivity contribution in [2.24, 2.45) is 17.8 Å². The largest absolute Gasteiger partial charge is 0.457 e. The van der Waals surface area contributed by atoms with Crippen molar-refractivity contribution < 1.29 is 27.0 Å². The standard InChI is InChI=1S/C29H36F4O2/c1-3-18-5-7-19(8-6-18)20-9-11-21(12-10-20)25-17-26(30)27(31)24(4-2)28(25)34-22-13-15-23(16-14-22)35-29(32)33/h13-21,29H,3-12H2,1-2H3. The van der Waals surface area contributed by atoms with Crippen LogP contribution in [-0.4, -0.2) is 6.61 Å². The summed E-state index contributed by atoms with van der Waals surface area (Å²) in [5.41, 5.74) is 0.926. The van der Waals surface area contributed by atoms with Gasteiger partial charge in [-0.05, 0) is 98.9 Å². The summed E-state index contributed by atoms with van der Waals surface area (Å²) in [5.74, 6) is 1.51. The van der Waals surface area contributed by atoms with Crippen molar-refractivity contribution >= 4 is 0 Å². The SMILES string of the molecule is CCc1c(F)c(F)cc(C2CCC(C3CCC(CC)CC3)CC2)c1Oc1ccc(OC(F)F)cc1. The van der Waals surface area contributed by atoms with Crippen molar-refractivity contribution in [2.45, 2.75) is 90.6 Å². The molecule has 6 heteroatoms. The zero-order valence-corrected chi connectivity index (χ0v) is 20.7. The maximum absolute atomic E-state index is 14.7. The normalized spacial score (nSPS) is 25.0. The van der Waals surface area contributed by atoms with Crippen LogP contribution in [0, 0.1) is 29.4 Å². The predicted octanol–water partition coefficient (Wildman–Crippen LogP) is 9.41. The lowest BCUT2D eigenvalue weighted by molar-refractivity contribution is -0.0498. The lowest BCUT2D eigenvalue weighted by Gasteiger charge is -2.38. The van der Waals surface area contributed by atoms with Crippen molar-refractivity contribution in [3.8, 4) is 17.2 Å². The zero-order valence-electron chi connectivity index (χ0n) is 20.7. The van der Waals surface area contributed by atoms with E-state index in [-0.39, 0.29) is 23.7 Å². The molecule has 192 valence electrons. The average molecular weight is 493 g/mol. The van der Waals surface area contributed by atoms with Crippen LogP contribution >= 0.6 is 0 Å². The van der Waals surface area contributed by atoms with E-state index in [1.807, 2.05) is 0 Å². The monoisotopic (exact) mass is 492 g/mol. The molecule has 2 nitrogen and oxygen atoms in total. The fourth-order valence-corrected chi connectivity index (χ4v) is 6.20. The number of benzene rings is 2. The molecule has 2 fully saturated rings. The van der Waals surface area contributed by atoms with Crippen molar-refractivity contribution in [1.29, 1.82) is 0 Å². The van der Waals surface area contributed by atoms with Gasteiger partial charge in [0.05, 0.1) is 0 Å². The van der Waals surface area contributed by atoms with Gasteiger partial charge < -0.3 is 9.47 Å². The van der Waals surface area contributed by atoms with Crippen molar-refractivity contribution in [2.75, 3.05) is 0 Å². The zero-order chi connectivity index (χ0) is 24.9. The highest BCUT2D eigenvalue weighted by molar-refractivity contribution is 5.48. The first-order valence-corrected chi connectivity index (χ1v) is 13.1. The Hall–Kier alpha value is -2.24. The molecule has 2 saturated carbocycles. The minimum Gasteiger partial charge on any atom is -0.457 e. The summed E-state index contributed by atoms with van der Waals surface area (Å²) in [5, 5.41) is 0. The maximum atomic E-state index is 14.7. The fraction of sp³-hybridized carbons (Fsp3) is 0.586. The third kappa shape index (κ3) is 6.13. The lowest BCUT2D eigenvalue weighted by atomic mass is 9.68. The van der Waals surface area contributed by atoms with Crippen molar-refractivity contribution in [3.05, 3.63) is 53.1 Å². The number of ether oxygens (including phenoxy) is 2. The van der Waals surface area contributed by atoms with Gasteiger partial charge in [-0.1, -0.05) is 33.1 Å². The molecule has 0 saturated heterocycles. The Morgan fingerprint density at radius 2 is 1.40 bits per heavy atom. The first-order chi connectivity index (χ1) is 16.9. The van der Waals surface area contributed by atoms with Gasteiger partial charge in [0.15, 0.2) is 11.6 Å². The van der Waals surface area contributed by atoms with Crippen LogP contribution in [0.1, 0.15) is 88.7 Å². The Labute approximate surface area is 206 Å².